The van der Waals surface area contributed by atoms with Crippen molar-refractivity contribution in [2.75, 3.05) is 13.6 Å². The first-order valence-corrected chi connectivity index (χ1v) is 6.79. The van der Waals surface area contributed by atoms with Gasteiger partial charge in [-0.1, -0.05) is 60.1 Å². The van der Waals surface area contributed by atoms with Gasteiger partial charge in [-0.3, -0.25) is 4.90 Å². The molecule has 0 saturated heterocycles. The maximum Gasteiger partial charge on any atom is 0.0485 e. The van der Waals surface area contributed by atoms with Crippen LogP contribution < -0.4 is 5.73 Å². The van der Waals surface area contributed by atoms with Gasteiger partial charge in [-0.25, -0.2) is 0 Å². The molecule has 0 spiro atoms. The summed E-state index contributed by atoms with van der Waals surface area (Å²) in [7, 11) is 2.08. The molecule has 2 rings (SSSR count). The SMILES string of the molecule is CN(Cc1ccccc1)C(CN)c1ccccc1Cl. The summed E-state index contributed by atoms with van der Waals surface area (Å²) >= 11 is 6.26. The molecule has 2 nitrogen and oxygen atoms in total. The highest BCUT2D eigenvalue weighted by Crippen LogP contribution is 2.26. The van der Waals surface area contributed by atoms with E-state index in [1.807, 2.05) is 30.3 Å². The van der Waals surface area contributed by atoms with Crippen molar-refractivity contribution in [2.45, 2.75) is 12.6 Å². The summed E-state index contributed by atoms with van der Waals surface area (Å²) < 4.78 is 0. The highest BCUT2D eigenvalue weighted by atomic mass is 35.5. The van der Waals surface area contributed by atoms with Crippen LogP contribution in [0.25, 0.3) is 0 Å². The lowest BCUT2D eigenvalue weighted by Gasteiger charge is -2.28. The number of rotatable bonds is 5. The van der Waals surface area contributed by atoms with Gasteiger partial charge in [0.05, 0.1) is 0 Å². The minimum Gasteiger partial charge on any atom is -0.329 e. The highest BCUT2D eigenvalue weighted by molar-refractivity contribution is 6.31. The number of benzene rings is 2. The van der Waals surface area contributed by atoms with Crippen LogP contribution in [0.15, 0.2) is 54.6 Å². The second-order valence-electron chi connectivity index (χ2n) is 4.67. The fourth-order valence-corrected chi connectivity index (χ4v) is 2.53. The lowest BCUT2D eigenvalue weighted by atomic mass is 10.0. The van der Waals surface area contributed by atoms with Crippen molar-refractivity contribution in [1.82, 2.24) is 4.90 Å². The molecular weight excluding hydrogens is 256 g/mol. The molecular formula is C16H19ClN2. The van der Waals surface area contributed by atoms with E-state index >= 15 is 0 Å². The summed E-state index contributed by atoms with van der Waals surface area (Å²) in [5, 5.41) is 0.776. The Morgan fingerprint density at radius 2 is 1.68 bits per heavy atom. The molecule has 3 heteroatoms. The lowest BCUT2D eigenvalue weighted by Crippen LogP contribution is -2.30. The van der Waals surface area contributed by atoms with Crippen molar-refractivity contribution in [2.24, 2.45) is 5.73 Å². The maximum atomic E-state index is 6.26. The molecule has 0 radical (unpaired) electrons. The van der Waals surface area contributed by atoms with Gasteiger partial charge in [0.25, 0.3) is 0 Å². The summed E-state index contributed by atoms with van der Waals surface area (Å²) in [6.45, 7) is 1.40. The van der Waals surface area contributed by atoms with E-state index in [1.165, 1.54) is 5.56 Å². The smallest absolute Gasteiger partial charge is 0.0485 e. The Kier molecular flexibility index (Phi) is 4.97. The molecule has 0 bridgehead atoms. The van der Waals surface area contributed by atoms with Crippen LogP contribution in [-0.4, -0.2) is 18.5 Å². The van der Waals surface area contributed by atoms with Crippen LogP contribution in [0.2, 0.25) is 5.02 Å². The van der Waals surface area contributed by atoms with Crippen molar-refractivity contribution in [3.8, 4) is 0 Å². The van der Waals surface area contributed by atoms with E-state index in [1.54, 1.807) is 0 Å². The Bertz CT molecular complexity index is 513. The average Bonchev–Trinajstić information content (AvgIpc) is 2.43. The van der Waals surface area contributed by atoms with Crippen LogP contribution in [0, 0.1) is 0 Å². The zero-order chi connectivity index (χ0) is 13.7. The lowest BCUT2D eigenvalue weighted by molar-refractivity contribution is 0.242. The third-order valence-electron chi connectivity index (χ3n) is 3.29. The fraction of sp³-hybridized carbons (Fsp3) is 0.250. The van der Waals surface area contributed by atoms with E-state index in [0.717, 1.165) is 17.1 Å². The Morgan fingerprint density at radius 3 is 2.32 bits per heavy atom. The van der Waals surface area contributed by atoms with Crippen LogP contribution >= 0.6 is 11.6 Å². The van der Waals surface area contributed by atoms with Gasteiger partial charge in [0.2, 0.25) is 0 Å². The van der Waals surface area contributed by atoms with Crippen molar-refractivity contribution < 1.29 is 0 Å². The van der Waals surface area contributed by atoms with E-state index in [-0.39, 0.29) is 6.04 Å². The van der Waals surface area contributed by atoms with E-state index in [4.69, 9.17) is 17.3 Å². The molecule has 1 unspecified atom stereocenters. The van der Waals surface area contributed by atoms with Gasteiger partial charge in [-0.15, -0.1) is 0 Å². The summed E-state index contributed by atoms with van der Waals surface area (Å²) in [6.07, 6.45) is 0. The Morgan fingerprint density at radius 1 is 1.05 bits per heavy atom. The molecule has 2 aromatic rings. The maximum absolute atomic E-state index is 6.26. The quantitative estimate of drug-likeness (QED) is 0.905. The minimum atomic E-state index is 0.133. The molecule has 100 valence electrons. The first-order valence-electron chi connectivity index (χ1n) is 6.41. The van der Waals surface area contributed by atoms with Crippen LogP contribution in [0.3, 0.4) is 0 Å². The van der Waals surface area contributed by atoms with Gasteiger partial charge in [-0.05, 0) is 24.2 Å². The Labute approximate surface area is 119 Å². The summed E-state index contributed by atoms with van der Waals surface area (Å²) in [6, 6.07) is 18.4. The second kappa shape index (κ2) is 6.71. The molecule has 0 aliphatic heterocycles. The van der Waals surface area contributed by atoms with Crippen molar-refractivity contribution in [1.29, 1.82) is 0 Å². The van der Waals surface area contributed by atoms with Crippen LogP contribution in [0.4, 0.5) is 0 Å². The Hall–Kier alpha value is -1.35. The first-order chi connectivity index (χ1) is 9.22. The third kappa shape index (κ3) is 3.57. The number of hydrogen-bond donors (Lipinski definition) is 1. The molecule has 0 fully saturated rings. The summed E-state index contributed by atoms with van der Waals surface area (Å²) in [5.41, 5.74) is 8.29. The largest absolute Gasteiger partial charge is 0.329 e. The standard InChI is InChI=1S/C16H19ClN2/c1-19(12-13-7-3-2-4-8-13)16(11-18)14-9-5-6-10-15(14)17/h2-10,16H,11-12,18H2,1H3. The molecule has 0 aliphatic rings. The van der Waals surface area contributed by atoms with Gasteiger partial charge < -0.3 is 5.73 Å². The zero-order valence-electron chi connectivity index (χ0n) is 11.1. The number of halogens is 1. The molecule has 0 amide bonds. The fourth-order valence-electron chi connectivity index (χ4n) is 2.27. The molecule has 19 heavy (non-hydrogen) atoms. The van der Waals surface area contributed by atoms with Crippen LogP contribution in [0.1, 0.15) is 17.2 Å². The van der Waals surface area contributed by atoms with E-state index < -0.39 is 0 Å². The number of nitrogens with two attached hydrogens (primary N) is 1. The second-order valence-corrected chi connectivity index (χ2v) is 5.08. The van der Waals surface area contributed by atoms with Gasteiger partial charge in [-0.2, -0.15) is 0 Å². The predicted octanol–water partition coefficient (Wildman–Crippen LogP) is 3.47. The van der Waals surface area contributed by atoms with Crippen molar-refractivity contribution >= 4 is 11.6 Å². The topological polar surface area (TPSA) is 29.3 Å². The molecule has 0 aliphatic carbocycles. The average molecular weight is 275 g/mol. The van der Waals surface area contributed by atoms with E-state index in [9.17, 15) is 0 Å². The first kappa shape index (κ1) is 14.1. The van der Waals surface area contributed by atoms with E-state index in [0.29, 0.717) is 6.54 Å². The van der Waals surface area contributed by atoms with Crippen LogP contribution in [-0.2, 0) is 6.54 Å². The molecule has 0 heterocycles. The molecule has 0 aromatic heterocycles. The molecule has 1 atom stereocenters. The van der Waals surface area contributed by atoms with Gasteiger partial charge in [0.15, 0.2) is 0 Å². The van der Waals surface area contributed by atoms with Gasteiger partial charge in [0, 0.05) is 24.2 Å². The van der Waals surface area contributed by atoms with E-state index in [2.05, 4.69) is 36.2 Å². The van der Waals surface area contributed by atoms with Crippen molar-refractivity contribution in [3.63, 3.8) is 0 Å². The monoisotopic (exact) mass is 274 g/mol. The normalized spacial score (nSPS) is 12.6. The van der Waals surface area contributed by atoms with Crippen LogP contribution in [0.5, 0.6) is 0 Å². The molecule has 0 saturated carbocycles. The number of hydrogen-bond acceptors (Lipinski definition) is 2. The third-order valence-corrected chi connectivity index (χ3v) is 3.64. The zero-order valence-corrected chi connectivity index (χ0v) is 11.8. The number of likely N-dealkylation sites (N-methyl/N-ethyl adjacent to an activating group) is 1. The highest BCUT2D eigenvalue weighted by Gasteiger charge is 2.17. The molecule has 2 aromatic carbocycles. The predicted molar refractivity (Wildman–Crippen MR) is 81.2 cm³/mol. The van der Waals surface area contributed by atoms with Crippen molar-refractivity contribution in [3.05, 3.63) is 70.7 Å². The minimum absolute atomic E-state index is 0.133. The Balaban J connectivity index is 2.16. The summed E-state index contributed by atoms with van der Waals surface area (Å²) in [5.74, 6) is 0. The number of nitrogens with zero attached hydrogens (tertiary/aromatic N) is 1. The summed E-state index contributed by atoms with van der Waals surface area (Å²) in [4.78, 5) is 2.23. The van der Waals surface area contributed by atoms with Gasteiger partial charge in [0.1, 0.15) is 0 Å². The van der Waals surface area contributed by atoms with Gasteiger partial charge >= 0.3 is 0 Å². The molecule has 2 N–H and O–H groups in total.